The Morgan fingerprint density at radius 2 is 1.55 bits per heavy atom. The lowest BCUT2D eigenvalue weighted by molar-refractivity contribution is 0.0601. The highest BCUT2D eigenvalue weighted by atomic mass is 32.1. The van der Waals surface area contributed by atoms with Crippen LogP contribution in [0.25, 0.3) is 10.8 Å². The molecule has 1 heterocycles. The van der Waals surface area contributed by atoms with E-state index in [4.69, 9.17) is 14.2 Å². The highest BCUT2D eigenvalue weighted by Gasteiger charge is 2.27. The quantitative estimate of drug-likeness (QED) is 0.635. The van der Waals surface area contributed by atoms with E-state index in [1.165, 1.54) is 21.3 Å². The van der Waals surface area contributed by atoms with E-state index < -0.39 is 17.8 Å². The second-order valence-corrected chi connectivity index (χ2v) is 7.12. The zero-order valence-corrected chi connectivity index (χ0v) is 17.1. The fraction of sp³-hybridized carbons (Fsp3) is 0.190. The van der Waals surface area contributed by atoms with E-state index >= 15 is 0 Å². The molecule has 150 valence electrons. The lowest BCUT2D eigenvalue weighted by atomic mass is 10.1. The van der Waals surface area contributed by atoms with Crippen LogP contribution in [0.15, 0.2) is 36.4 Å². The molecule has 0 aliphatic heterocycles. The summed E-state index contributed by atoms with van der Waals surface area (Å²) in [4.78, 5) is 37.5. The van der Waals surface area contributed by atoms with Gasteiger partial charge in [-0.25, -0.2) is 9.59 Å². The number of hydrogen-bond donors (Lipinski definition) is 1. The number of esters is 2. The topological polar surface area (TPSA) is 90.9 Å². The normalized spacial score (nSPS) is 10.5. The molecule has 1 aromatic heterocycles. The first-order chi connectivity index (χ1) is 13.9. The molecule has 0 spiro atoms. The second kappa shape index (κ2) is 8.32. The van der Waals surface area contributed by atoms with Crippen molar-refractivity contribution in [3.8, 4) is 5.75 Å². The van der Waals surface area contributed by atoms with Crippen LogP contribution in [0.2, 0.25) is 0 Å². The number of thiophene rings is 1. The molecule has 0 saturated heterocycles. The van der Waals surface area contributed by atoms with Gasteiger partial charge in [0.25, 0.3) is 5.91 Å². The minimum absolute atomic E-state index is 0.117. The molecular weight excluding hydrogens is 394 g/mol. The first-order valence-corrected chi connectivity index (χ1v) is 9.41. The van der Waals surface area contributed by atoms with Gasteiger partial charge in [0.2, 0.25) is 0 Å². The molecule has 8 heteroatoms. The first-order valence-electron chi connectivity index (χ1n) is 8.59. The van der Waals surface area contributed by atoms with Gasteiger partial charge in [0, 0.05) is 0 Å². The summed E-state index contributed by atoms with van der Waals surface area (Å²) in [6.07, 6.45) is 0. The van der Waals surface area contributed by atoms with Crippen LogP contribution in [0, 0.1) is 6.92 Å². The number of anilines is 1. The largest absolute Gasteiger partial charge is 0.496 e. The van der Waals surface area contributed by atoms with Crippen molar-refractivity contribution in [3.05, 3.63) is 58.0 Å². The molecule has 29 heavy (non-hydrogen) atoms. The molecule has 2 aromatic carbocycles. The van der Waals surface area contributed by atoms with E-state index in [9.17, 15) is 14.4 Å². The zero-order chi connectivity index (χ0) is 21.1. The molecule has 0 saturated carbocycles. The Balaban J connectivity index is 2.06. The van der Waals surface area contributed by atoms with Gasteiger partial charge in [0.15, 0.2) is 0 Å². The van der Waals surface area contributed by atoms with Crippen LogP contribution in [0.5, 0.6) is 5.75 Å². The van der Waals surface area contributed by atoms with Gasteiger partial charge >= 0.3 is 11.9 Å². The molecule has 1 amide bonds. The van der Waals surface area contributed by atoms with Gasteiger partial charge in [-0.1, -0.05) is 24.3 Å². The second-order valence-electron chi connectivity index (χ2n) is 6.10. The molecule has 0 radical (unpaired) electrons. The van der Waals surface area contributed by atoms with Crippen LogP contribution in [-0.2, 0) is 9.47 Å². The number of rotatable bonds is 5. The molecule has 7 nitrogen and oxygen atoms in total. The third-order valence-electron chi connectivity index (χ3n) is 4.45. The van der Waals surface area contributed by atoms with Crippen LogP contribution in [0.1, 0.15) is 36.0 Å². The molecule has 0 bridgehead atoms. The number of carbonyl (C=O) groups excluding carboxylic acids is 3. The van der Waals surface area contributed by atoms with Crippen molar-refractivity contribution in [3.63, 3.8) is 0 Å². The monoisotopic (exact) mass is 413 g/mol. The zero-order valence-electron chi connectivity index (χ0n) is 16.3. The number of nitrogens with one attached hydrogen (secondary N) is 1. The number of amides is 1. The Morgan fingerprint density at radius 1 is 0.931 bits per heavy atom. The SMILES string of the molecule is COC(=O)c1sc(NC(=O)c2cc3ccccc3cc2OC)c(C(=O)OC)c1C. The van der Waals surface area contributed by atoms with Crippen molar-refractivity contribution in [2.24, 2.45) is 0 Å². The smallest absolute Gasteiger partial charge is 0.348 e. The number of methoxy groups -OCH3 is 3. The summed E-state index contributed by atoms with van der Waals surface area (Å²) < 4.78 is 14.9. The van der Waals surface area contributed by atoms with Crippen LogP contribution < -0.4 is 10.1 Å². The van der Waals surface area contributed by atoms with E-state index in [2.05, 4.69) is 5.32 Å². The molecule has 0 unspecified atom stereocenters. The molecular formula is C21H19NO6S. The van der Waals surface area contributed by atoms with E-state index in [1.54, 1.807) is 19.1 Å². The van der Waals surface area contributed by atoms with E-state index in [0.717, 1.165) is 22.1 Å². The summed E-state index contributed by atoms with van der Waals surface area (Å²) in [5.41, 5.74) is 0.799. The van der Waals surface area contributed by atoms with Crippen molar-refractivity contribution in [2.75, 3.05) is 26.6 Å². The van der Waals surface area contributed by atoms with Gasteiger partial charge in [0.1, 0.15) is 15.6 Å². The molecule has 0 fully saturated rings. The fourth-order valence-corrected chi connectivity index (χ4v) is 4.08. The number of carbonyl (C=O) groups is 3. The highest BCUT2D eigenvalue weighted by molar-refractivity contribution is 7.18. The maximum Gasteiger partial charge on any atom is 0.348 e. The average Bonchev–Trinajstić information content (AvgIpc) is 3.07. The van der Waals surface area contributed by atoms with Crippen LogP contribution in [0.4, 0.5) is 5.00 Å². The molecule has 1 N–H and O–H groups in total. The minimum Gasteiger partial charge on any atom is -0.496 e. The summed E-state index contributed by atoms with van der Waals surface area (Å²) >= 11 is 0.954. The summed E-state index contributed by atoms with van der Waals surface area (Å²) in [5, 5.41) is 4.71. The summed E-state index contributed by atoms with van der Waals surface area (Å²) in [7, 11) is 3.96. The molecule has 0 aliphatic rings. The van der Waals surface area contributed by atoms with Gasteiger partial charge in [0.05, 0.1) is 32.5 Å². The van der Waals surface area contributed by atoms with Gasteiger partial charge in [-0.3, -0.25) is 4.79 Å². The maximum atomic E-state index is 13.0. The van der Waals surface area contributed by atoms with Crippen molar-refractivity contribution >= 4 is 45.0 Å². The Bertz CT molecular complexity index is 1120. The van der Waals surface area contributed by atoms with Crippen LogP contribution in [0.3, 0.4) is 0 Å². The molecule has 3 aromatic rings. The number of fused-ring (bicyclic) bond motifs is 1. The van der Waals surface area contributed by atoms with Crippen molar-refractivity contribution < 1.29 is 28.6 Å². The van der Waals surface area contributed by atoms with Gasteiger partial charge in [-0.15, -0.1) is 11.3 Å². The van der Waals surface area contributed by atoms with Crippen molar-refractivity contribution in [1.29, 1.82) is 0 Å². The van der Waals surface area contributed by atoms with E-state index in [0.29, 0.717) is 16.9 Å². The Hall–Kier alpha value is -3.39. The standard InChI is InChI=1S/C21H19NO6S/c1-11-16(20(24)27-3)19(29-17(11)21(25)28-4)22-18(23)14-9-12-7-5-6-8-13(12)10-15(14)26-2/h5-10H,1-4H3,(H,22,23). The molecule has 3 rings (SSSR count). The number of ether oxygens (including phenoxy) is 3. The Morgan fingerprint density at radius 3 is 2.14 bits per heavy atom. The third-order valence-corrected chi connectivity index (χ3v) is 5.63. The van der Waals surface area contributed by atoms with Crippen molar-refractivity contribution in [1.82, 2.24) is 0 Å². The number of benzene rings is 2. The predicted molar refractivity (Wildman–Crippen MR) is 110 cm³/mol. The van der Waals surface area contributed by atoms with Gasteiger partial charge in [-0.2, -0.15) is 0 Å². The number of hydrogen-bond acceptors (Lipinski definition) is 7. The minimum atomic E-state index is -0.658. The Labute approximate surface area is 171 Å². The van der Waals surface area contributed by atoms with Gasteiger partial charge in [-0.05, 0) is 35.4 Å². The summed E-state index contributed by atoms with van der Waals surface area (Å²) in [5.74, 6) is -1.34. The van der Waals surface area contributed by atoms with Crippen LogP contribution in [-0.4, -0.2) is 39.2 Å². The molecule has 0 atom stereocenters. The van der Waals surface area contributed by atoms with Crippen molar-refractivity contribution in [2.45, 2.75) is 6.92 Å². The van der Waals surface area contributed by atoms with E-state index in [-0.39, 0.29) is 15.4 Å². The molecule has 0 aliphatic carbocycles. The van der Waals surface area contributed by atoms with Crippen LogP contribution >= 0.6 is 11.3 Å². The summed E-state index contributed by atoms with van der Waals surface area (Å²) in [6, 6.07) is 11.0. The predicted octanol–water partition coefficient (Wildman–Crippen LogP) is 4.04. The Kier molecular flexibility index (Phi) is 5.84. The van der Waals surface area contributed by atoms with E-state index in [1.807, 2.05) is 24.3 Å². The maximum absolute atomic E-state index is 13.0. The lowest BCUT2D eigenvalue weighted by Crippen LogP contribution is -2.15. The summed E-state index contributed by atoms with van der Waals surface area (Å²) in [6.45, 7) is 1.60. The first kappa shape index (κ1) is 20.3. The average molecular weight is 413 g/mol. The highest BCUT2D eigenvalue weighted by Crippen LogP contribution is 2.35. The lowest BCUT2D eigenvalue weighted by Gasteiger charge is -2.11. The fourth-order valence-electron chi connectivity index (χ4n) is 2.97. The van der Waals surface area contributed by atoms with Gasteiger partial charge < -0.3 is 19.5 Å². The third kappa shape index (κ3) is 3.79.